The highest BCUT2D eigenvalue weighted by Crippen LogP contribution is 2.28. The molecule has 0 aliphatic carbocycles. The number of amides is 1. The number of oxazole rings is 1. The zero-order valence-electron chi connectivity index (χ0n) is 12.0. The predicted molar refractivity (Wildman–Crippen MR) is 89.2 cm³/mol. The van der Waals surface area contributed by atoms with Gasteiger partial charge >= 0.3 is 0 Å². The standard InChI is InChI=1S/C16H12Cl2N2O3/c1-9(23-14-4-2-10(17)6-12(14)18)16(21)20-11-3-5-15-13(7-11)19-8-22-15/h2-9H,1H3,(H,20,21). The van der Waals surface area contributed by atoms with Crippen LogP contribution in [0.15, 0.2) is 47.2 Å². The molecule has 5 nitrogen and oxygen atoms in total. The molecule has 118 valence electrons. The van der Waals surface area contributed by atoms with Gasteiger partial charge in [0, 0.05) is 10.7 Å². The van der Waals surface area contributed by atoms with Crippen LogP contribution in [-0.4, -0.2) is 17.0 Å². The van der Waals surface area contributed by atoms with E-state index in [2.05, 4.69) is 10.3 Å². The van der Waals surface area contributed by atoms with E-state index in [-0.39, 0.29) is 5.91 Å². The number of ether oxygens (including phenoxy) is 1. The normalized spacial score (nSPS) is 12.1. The van der Waals surface area contributed by atoms with Gasteiger partial charge in [-0.15, -0.1) is 0 Å². The zero-order valence-corrected chi connectivity index (χ0v) is 13.6. The van der Waals surface area contributed by atoms with Gasteiger partial charge in [-0.1, -0.05) is 23.2 Å². The molecule has 1 amide bonds. The lowest BCUT2D eigenvalue weighted by molar-refractivity contribution is -0.122. The average molecular weight is 351 g/mol. The smallest absolute Gasteiger partial charge is 0.265 e. The van der Waals surface area contributed by atoms with E-state index >= 15 is 0 Å². The third kappa shape index (κ3) is 3.57. The van der Waals surface area contributed by atoms with Crippen molar-refractivity contribution in [3.8, 4) is 5.75 Å². The van der Waals surface area contributed by atoms with Crippen molar-refractivity contribution in [3.05, 3.63) is 52.8 Å². The number of fused-ring (bicyclic) bond motifs is 1. The van der Waals surface area contributed by atoms with Crippen molar-refractivity contribution in [1.82, 2.24) is 4.98 Å². The van der Waals surface area contributed by atoms with Crippen molar-refractivity contribution in [2.24, 2.45) is 0 Å². The monoisotopic (exact) mass is 350 g/mol. The SMILES string of the molecule is CC(Oc1ccc(Cl)cc1Cl)C(=O)Nc1ccc2ocnc2c1. The molecule has 0 bridgehead atoms. The Balaban J connectivity index is 1.69. The van der Waals surface area contributed by atoms with Crippen LogP contribution in [0.2, 0.25) is 10.0 Å². The zero-order chi connectivity index (χ0) is 16.4. The van der Waals surface area contributed by atoms with Gasteiger partial charge in [0.05, 0.1) is 5.02 Å². The van der Waals surface area contributed by atoms with Crippen LogP contribution in [-0.2, 0) is 4.79 Å². The van der Waals surface area contributed by atoms with Gasteiger partial charge in [0.15, 0.2) is 18.1 Å². The minimum Gasteiger partial charge on any atom is -0.479 e. The second kappa shape index (κ2) is 6.48. The van der Waals surface area contributed by atoms with Gasteiger partial charge < -0.3 is 14.5 Å². The second-order valence-electron chi connectivity index (χ2n) is 4.86. The van der Waals surface area contributed by atoms with E-state index in [0.717, 1.165) is 0 Å². The Morgan fingerprint density at radius 3 is 2.87 bits per heavy atom. The Hall–Kier alpha value is -2.24. The molecule has 1 unspecified atom stereocenters. The maximum Gasteiger partial charge on any atom is 0.265 e. The lowest BCUT2D eigenvalue weighted by atomic mass is 10.2. The maximum atomic E-state index is 12.2. The number of halogens is 2. The van der Waals surface area contributed by atoms with Crippen molar-refractivity contribution in [1.29, 1.82) is 0 Å². The molecule has 0 spiro atoms. The van der Waals surface area contributed by atoms with Crippen molar-refractivity contribution >= 4 is 45.9 Å². The largest absolute Gasteiger partial charge is 0.479 e. The molecule has 1 aromatic heterocycles. The lowest BCUT2D eigenvalue weighted by Crippen LogP contribution is -2.30. The first-order valence-corrected chi connectivity index (χ1v) is 7.54. The van der Waals surface area contributed by atoms with Gasteiger partial charge in [0.2, 0.25) is 0 Å². The summed E-state index contributed by atoms with van der Waals surface area (Å²) in [6.45, 7) is 1.63. The van der Waals surface area contributed by atoms with Crippen molar-refractivity contribution in [2.75, 3.05) is 5.32 Å². The van der Waals surface area contributed by atoms with Crippen molar-refractivity contribution in [2.45, 2.75) is 13.0 Å². The van der Waals surface area contributed by atoms with E-state index in [1.807, 2.05) is 0 Å². The van der Waals surface area contributed by atoms with E-state index in [4.69, 9.17) is 32.4 Å². The Bertz CT molecular complexity index is 863. The third-order valence-corrected chi connectivity index (χ3v) is 3.70. The van der Waals surface area contributed by atoms with Gasteiger partial charge in [-0.2, -0.15) is 0 Å². The number of hydrogen-bond acceptors (Lipinski definition) is 4. The second-order valence-corrected chi connectivity index (χ2v) is 5.70. The third-order valence-electron chi connectivity index (χ3n) is 3.16. The summed E-state index contributed by atoms with van der Waals surface area (Å²) in [5.41, 5.74) is 1.92. The molecule has 1 N–H and O–H groups in total. The number of benzene rings is 2. The Morgan fingerprint density at radius 2 is 2.09 bits per heavy atom. The number of nitrogens with one attached hydrogen (secondary N) is 1. The topological polar surface area (TPSA) is 64.4 Å². The summed E-state index contributed by atoms with van der Waals surface area (Å²) in [6, 6.07) is 10.0. The molecule has 1 heterocycles. The van der Waals surface area contributed by atoms with Crippen LogP contribution >= 0.6 is 23.2 Å². The summed E-state index contributed by atoms with van der Waals surface area (Å²) in [6.07, 6.45) is 0.617. The van der Waals surface area contributed by atoms with Gasteiger partial charge in [0.25, 0.3) is 5.91 Å². The highest BCUT2D eigenvalue weighted by molar-refractivity contribution is 6.35. The first kappa shape index (κ1) is 15.6. The number of nitrogens with zero attached hydrogens (tertiary/aromatic N) is 1. The molecule has 3 rings (SSSR count). The predicted octanol–water partition coefficient (Wildman–Crippen LogP) is 4.54. The van der Waals surface area contributed by atoms with E-state index in [1.165, 1.54) is 6.39 Å². The molecule has 0 radical (unpaired) electrons. The lowest BCUT2D eigenvalue weighted by Gasteiger charge is -2.15. The highest BCUT2D eigenvalue weighted by Gasteiger charge is 2.17. The molecule has 0 aliphatic heterocycles. The van der Waals surface area contributed by atoms with E-state index in [1.54, 1.807) is 43.3 Å². The van der Waals surface area contributed by atoms with Crippen LogP contribution < -0.4 is 10.1 Å². The molecule has 3 aromatic rings. The molecule has 1 atom stereocenters. The number of rotatable bonds is 4. The summed E-state index contributed by atoms with van der Waals surface area (Å²) in [7, 11) is 0. The Labute approximate surface area is 142 Å². The molecule has 0 fully saturated rings. The molecule has 0 saturated carbocycles. The van der Waals surface area contributed by atoms with Crippen LogP contribution in [0.5, 0.6) is 5.75 Å². The number of hydrogen-bond donors (Lipinski definition) is 1. The van der Waals surface area contributed by atoms with Gasteiger partial charge in [-0.3, -0.25) is 4.79 Å². The summed E-state index contributed by atoms with van der Waals surface area (Å²) in [5, 5.41) is 3.61. The summed E-state index contributed by atoms with van der Waals surface area (Å²) in [5.74, 6) is 0.0875. The highest BCUT2D eigenvalue weighted by atomic mass is 35.5. The first-order chi connectivity index (χ1) is 11.0. The van der Waals surface area contributed by atoms with Crippen LogP contribution in [0.3, 0.4) is 0 Å². The van der Waals surface area contributed by atoms with Crippen LogP contribution in [0, 0.1) is 0 Å². The van der Waals surface area contributed by atoms with Crippen molar-refractivity contribution in [3.63, 3.8) is 0 Å². The Kier molecular flexibility index (Phi) is 4.41. The quantitative estimate of drug-likeness (QED) is 0.750. The van der Waals surface area contributed by atoms with Crippen LogP contribution in [0.4, 0.5) is 5.69 Å². The Morgan fingerprint density at radius 1 is 1.26 bits per heavy atom. The molecule has 0 aliphatic rings. The molecule has 7 heteroatoms. The minimum absolute atomic E-state index is 0.307. The summed E-state index contributed by atoms with van der Waals surface area (Å²) in [4.78, 5) is 16.3. The molecular weight excluding hydrogens is 339 g/mol. The summed E-state index contributed by atoms with van der Waals surface area (Å²) >= 11 is 11.9. The fourth-order valence-electron chi connectivity index (χ4n) is 1.99. The van der Waals surface area contributed by atoms with Gasteiger partial charge in [-0.05, 0) is 43.3 Å². The van der Waals surface area contributed by atoms with Gasteiger partial charge in [-0.25, -0.2) is 4.98 Å². The van der Waals surface area contributed by atoms with Crippen LogP contribution in [0.1, 0.15) is 6.92 Å². The van der Waals surface area contributed by atoms with E-state index in [0.29, 0.717) is 32.6 Å². The number of anilines is 1. The minimum atomic E-state index is -0.735. The van der Waals surface area contributed by atoms with Crippen LogP contribution in [0.25, 0.3) is 11.1 Å². The van der Waals surface area contributed by atoms with Crippen molar-refractivity contribution < 1.29 is 13.9 Å². The number of aromatic nitrogens is 1. The van der Waals surface area contributed by atoms with Gasteiger partial charge in [0.1, 0.15) is 11.3 Å². The van der Waals surface area contributed by atoms with E-state index < -0.39 is 6.10 Å². The number of carbonyl (C=O) groups excluding carboxylic acids is 1. The van der Waals surface area contributed by atoms with E-state index in [9.17, 15) is 4.79 Å². The summed E-state index contributed by atoms with van der Waals surface area (Å²) < 4.78 is 10.7. The molecule has 2 aromatic carbocycles. The first-order valence-electron chi connectivity index (χ1n) is 6.79. The number of carbonyl (C=O) groups is 1. The average Bonchev–Trinajstić information content (AvgIpc) is 2.97. The molecule has 0 saturated heterocycles. The molecule has 23 heavy (non-hydrogen) atoms. The maximum absolute atomic E-state index is 12.2. The fraction of sp³-hybridized carbons (Fsp3) is 0.125. The molecular formula is C16H12Cl2N2O3. The fourth-order valence-corrected chi connectivity index (χ4v) is 2.45.